The summed E-state index contributed by atoms with van der Waals surface area (Å²) in [4.78, 5) is 6.99. The van der Waals surface area contributed by atoms with E-state index in [2.05, 4.69) is 59.2 Å². The summed E-state index contributed by atoms with van der Waals surface area (Å²) in [6.45, 7) is 0.886. The molecule has 1 aromatic heterocycles. The molecule has 1 aromatic carbocycles. The van der Waals surface area contributed by atoms with Gasteiger partial charge in [0, 0.05) is 49.5 Å². The lowest BCUT2D eigenvalue weighted by Crippen LogP contribution is -2.48. The number of furan rings is 1. The SMILES string of the molecule is CN(C)C1=NC(NC2CCC(NCc3ccoc3)CC2)Nc2ccccc21. The molecule has 1 unspecified atom stereocenters. The summed E-state index contributed by atoms with van der Waals surface area (Å²) >= 11 is 0. The molecule has 6 heteroatoms. The predicted octanol–water partition coefficient (Wildman–Crippen LogP) is 2.99. The number of nitrogens with one attached hydrogen (secondary N) is 3. The summed E-state index contributed by atoms with van der Waals surface area (Å²) in [6.07, 6.45) is 8.16. The van der Waals surface area contributed by atoms with Crippen LogP contribution in [0.3, 0.4) is 0 Å². The first kappa shape index (κ1) is 18.1. The van der Waals surface area contributed by atoms with Gasteiger partial charge in [-0.15, -0.1) is 0 Å². The quantitative estimate of drug-likeness (QED) is 0.758. The van der Waals surface area contributed by atoms with E-state index in [1.165, 1.54) is 18.4 Å². The van der Waals surface area contributed by atoms with Gasteiger partial charge in [-0.3, -0.25) is 5.32 Å². The van der Waals surface area contributed by atoms with Gasteiger partial charge in [0.15, 0.2) is 6.29 Å². The summed E-state index contributed by atoms with van der Waals surface area (Å²) < 4.78 is 5.13. The maximum Gasteiger partial charge on any atom is 0.176 e. The third kappa shape index (κ3) is 4.34. The van der Waals surface area contributed by atoms with Crippen molar-refractivity contribution in [3.63, 3.8) is 0 Å². The van der Waals surface area contributed by atoms with Crippen LogP contribution in [0.2, 0.25) is 0 Å². The average Bonchev–Trinajstić information content (AvgIpc) is 3.20. The van der Waals surface area contributed by atoms with E-state index in [0.717, 1.165) is 36.5 Å². The van der Waals surface area contributed by atoms with Crippen molar-refractivity contribution in [3.8, 4) is 0 Å². The van der Waals surface area contributed by atoms with Gasteiger partial charge in [-0.1, -0.05) is 12.1 Å². The minimum absolute atomic E-state index is 0.0715. The van der Waals surface area contributed by atoms with Gasteiger partial charge in [-0.2, -0.15) is 0 Å². The fourth-order valence-electron chi connectivity index (χ4n) is 3.95. The Bertz CT molecular complexity index is 763. The first-order chi connectivity index (χ1) is 13.2. The van der Waals surface area contributed by atoms with Crippen LogP contribution in [0.5, 0.6) is 0 Å². The molecule has 3 N–H and O–H groups in total. The van der Waals surface area contributed by atoms with Crippen LogP contribution >= 0.6 is 0 Å². The van der Waals surface area contributed by atoms with Crippen molar-refractivity contribution < 1.29 is 4.42 Å². The van der Waals surface area contributed by atoms with Gasteiger partial charge in [0.2, 0.25) is 0 Å². The van der Waals surface area contributed by atoms with E-state index in [1.54, 1.807) is 6.26 Å². The van der Waals surface area contributed by atoms with Crippen LogP contribution in [-0.4, -0.2) is 43.2 Å². The minimum Gasteiger partial charge on any atom is -0.472 e. The summed E-state index contributed by atoms with van der Waals surface area (Å²) in [5, 5.41) is 10.9. The van der Waals surface area contributed by atoms with E-state index in [0.29, 0.717) is 12.1 Å². The first-order valence-electron chi connectivity index (χ1n) is 9.80. The maximum absolute atomic E-state index is 5.13. The van der Waals surface area contributed by atoms with Crippen LogP contribution in [0, 0.1) is 0 Å². The zero-order chi connectivity index (χ0) is 18.6. The lowest BCUT2D eigenvalue weighted by Gasteiger charge is -2.34. The number of fused-ring (bicyclic) bond motifs is 1. The van der Waals surface area contributed by atoms with Crippen molar-refractivity contribution in [1.82, 2.24) is 15.5 Å². The van der Waals surface area contributed by atoms with Gasteiger partial charge in [0.1, 0.15) is 5.84 Å². The standard InChI is InChI=1S/C21H29N5O/c1-26(2)20-18-5-3-4-6-19(18)24-21(25-20)23-17-9-7-16(8-10-17)22-13-15-11-12-27-14-15/h3-6,11-12,14,16-17,21-24H,7-10,13H2,1-2H3. The zero-order valence-electron chi connectivity index (χ0n) is 16.1. The van der Waals surface area contributed by atoms with Gasteiger partial charge in [-0.05, 0) is 43.9 Å². The molecule has 2 aliphatic rings. The molecule has 2 heterocycles. The molecule has 1 aliphatic heterocycles. The summed E-state index contributed by atoms with van der Waals surface area (Å²) in [6, 6.07) is 11.5. The number of rotatable bonds is 5. The molecule has 0 bridgehead atoms. The average molecular weight is 367 g/mol. The number of nitrogens with zero attached hydrogens (tertiary/aromatic N) is 2. The van der Waals surface area contributed by atoms with Gasteiger partial charge >= 0.3 is 0 Å². The number of aliphatic imine (C=N–C) groups is 1. The number of para-hydroxylation sites is 1. The van der Waals surface area contributed by atoms with Crippen LogP contribution in [0.1, 0.15) is 36.8 Å². The van der Waals surface area contributed by atoms with Crippen molar-refractivity contribution in [2.45, 2.75) is 50.6 Å². The Morgan fingerprint density at radius 1 is 1.11 bits per heavy atom. The Balaban J connectivity index is 1.31. The Morgan fingerprint density at radius 3 is 2.63 bits per heavy atom. The second kappa shape index (κ2) is 8.15. The molecule has 0 radical (unpaired) electrons. The number of benzene rings is 1. The van der Waals surface area contributed by atoms with Crippen LogP contribution in [-0.2, 0) is 6.54 Å². The number of hydrogen-bond acceptors (Lipinski definition) is 6. The van der Waals surface area contributed by atoms with Gasteiger partial charge in [-0.25, -0.2) is 4.99 Å². The molecule has 4 rings (SSSR count). The van der Waals surface area contributed by atoms with E-state index < -0.39 is 0 Å². The second-order valence-electron chi connectivity index (χ2n) is 7.67. The highest BCUT2D eigenvalue weighted by atomic mass is 16.3. The number of anilines is 1. The van der Waals surface area contributed by atoms with Gasteiger partial charge in [0.25, 0.3) is 0 Å². The van der Waals surface area contributed by atoms with Crippen LogP contribution in [0.4, 0.5) is 5.69 Å². The topological polar surface area (TPSA) is 64.8 Å². The normalized spacial score (nSPS) is 24.7. The molecule has 1 aliphatic carbocycles. The van der Waals surface area contributed by atoms with E-state index in [-0.39, 0.29) is 6.29 Å². The third-order valence-electron chi connectivity index (χ3n) is 5.43. The minimum atomic E-state index is -0.0715. The maximum atomic E-state index is 5.13. The molecule has 0 saturated heterocycles. The Kier molecular flexibility index (Phi) is 5.45. The monoisotopic (exact) mass is 367 g/mol. The Labute approximate surface area is 161 Å². The lowest BCUT2D eigenvalue weighted by molar-refractivity contribution is 0.293. The van der Waals surface area contributed by atoms with Crippen LogP contribution < -0.4 is 16.0 Å². The highest BCUT2D eigenvalue weighted by Gasteiger charge is 2.26. The molecule has 6 nitrogen and oxygen atoms in total. The molecule has 27 heavy (non-hydrogen) atoms. The summed E-state index contributed by atoms with van der Waals surface area (Å²) in [5.74, 6) is 1.03. The van der Waals surface area contributed by atoms with Crippen LogP contribution in [0.25, 0.3) is 0 Å². The smallest absolute Gasteiger partial charge is 0.176 e. The van der Waals surface area contributed by atoms with Crippen molar-refractivity contribution >= 4 is 11.5 Å². The highest BCUT2D eigenvalue weighted by molar-refractivity contribution is 6.04. The molecule has 1 fully saturated rings. The zero-order valence-corrected chi connectivity index (χ0v) is 16.1. The molecular formula is C21H29N5O. The van der Waals surface area contributed by atoms with E-state index in [1.807, 2.05) is 12.3 Å². The van der Waals surface area contributed by atoms with Crippen molar-refractivity contribution in [2.75, 3.05) is 19.4 Å². The van der Waals surface area contributed by atoms with Gasteiger partial charge < -0.3 is 20.0 Å². The molecule has 1 atom stereocenters. The number of amidine groups is 1. The Hall–Kier alpha value is -2.31. The van der Waals surface area contributed by atoms with Crippen molar-refractivity contribution in [2.24, 2.45) is 4.99 Å². The third-order valence-corrected chi connectivity index (χ3v) is 5.43. The largest absolute Gasteiger partial charge is 0.472 e. The van der Waals surface area contributed by atoms with E-state index in [9.17, 15) is 0 Å². The van der Waals surface area contributed by atoms with Crippen LogP contribution in [0.15, 0.2) is 52.3 Å². The van der Waals surface area contributed by atoms with Crippen molar-refractivity contribution in [1.29, 1.82) is 0 Å². The fourth-order valence-corrected chi connectivity index (χ4v) is 3.95. The van der Waals surface area contributed by atoms with Crippen molar-refractivity contribution in [3.05, 3.63) is 54.0 Å². The second-order valence-corrected chi connectivity index (χ2v) is 7.67. The predicted molar refractivity (Wildman–Crippen MR) is 109 cm³/mol. The van der Waals surface area contributed by atoms with Gasteiger partial charge in [0.05, 0.1) is 12.5 Å². The first-order valence-corrected chi connectivity index (χ1v) is 9.80. The molecule has 144 valence electrons. The molecule has 1 saturated carbocycles. The molecule has 2 aromatic rings. The highest BCUT2D eigenvalue weighted by Crippen LogP contribution is 2.24. The lowest BCUT2D eigenvalue weighted by atomic mass is 9.91. The molecule has 0 amide bonds. The summed E-state index contributed by atoms with van der Waals surface area (Å²) in [7, 11) is 4.10. The Morgan fingerprint density at radius 2 is 1.89 bits per heavy atom. The number of hydrogen-bond donors (Lipinski definition) is 3. The molecule has 0 spiro atoms. The van der Waals surface area contributed by atoms with E-state index in [4.69, 9.17) is 9.41 Å². The van der Waals surface area contributed by atoms with E-state index >= 15 is 0 Å². The molecular weight excluding hydrogens is 338 g/mol. The fraction of sp³-hybridized carbons (Fsp3) is 0.476. The summed E-state index contributed by atoms with van der Waals surface area (Å²) in [5.41, 5.74) is 3.52.